The fourth-order valence-corrected chi connectivity index (χ4v) is 4.04. The lowest BCUT2D eigenvalue weighted by Crippen LogP contribution is -2.48. The molecule has 0 aliphatic rings. The fraction of sp³-hybridized carbons (Fsp3) is 0.350. The molecule has 1 N–H and O–H groups in total. The highest BCUT2D eigenvalue weighted by atomic mass is 32.2. The van der Waals surface area contributed by atoms with Crippen LogP contribution in [0, 0.1) is 6.92 Å². The maximum Gasteiger partial charge on any atom is 0.243 e. The number of carbonyl (C=O) groups is 1. The summed E-state index contributed by atoms with van der Waals surface area (Å²) in [6.07, 6.45) is 2.78. The van der Waals surface area contributed by atoms with E-state index in [1.165, 1.54) is 9.87 Å². The number of aryl methyl sites for hydroxylation is 2. The molecule has 140 valence electrons. The number of benzene rings is 2. The fourth-order valence-electron chi connectivity index (χ4n) is 2.87. The Morgan fingerprint density at radius 1 is 1.12 bits per heavy atom. The molecule has 0 heterocycles. The molecule has 0 spiro atoms. The Bertz CT molecular complexity index is 835. The average Bonchev–Trinajstić information content (AvgIpc) is 2.58. The number of hydrogen-bond acceptors (Lipinski definition) is 3. The lowest BCUT2D eigenvalue weighted by molar-refractivity contribution is -0.121. The van der Waals surface area contributed by atoms with Gasteiger partial charge in [0.15, 0.2) is 0 Å². The van der Waals surface area contributed by atoms with Crippen LogP contribution in [0.5, 0.6) is 0 Å². The quantitative estimate of drug-likeness (QED) is 0.723. The summed E-state index contributed by atoms with van der Waals surface area (Å²) < 4.78 is 25.7. The van der Waals surface area contributed by atoms with E-state index in [1.807, 2.05) is 43.3 Å². The van der Waals surface area contributed by atoms with E-state index in [0.717, 1.165) is 24.7 Å². The second-order valence-electron chi connectivity index (χ2n) is 6.45. The summed E-state index contributed by atoms with van der Waals surface area (Å²) in [5, 5.41) is 2.84. The maximum absolute atomic E-state index is 12.5. The van der Waals surface area contributed by atoms with E-state index in [-0.39, 0.29) is 5.91 Å². The van der Waals surface area contributed by atoms with Gasteiger partial charge in [-0.1, -0.05) is 42.5 Å². The Hall–Kier alpha value is -2.34. The molecule has 1 atom stereocenters. The minimum absolute atomic E-state index is 0.301. The number of amides is 1. The Morgan fingerprint density at radius 3 is 2.42 bits per heavy atom. The Morgan fingerprint density at radius 2 is 1.81 bits per heavy atom. The molecule has 0 aliphatic heterocycles. The second-order valence-corrected chi connectivity index (χ2v) is 8.31. The van der Waals surface area contributed by atoms with Gasteiger partial charge in [0.1, 0.15) is 6.04 Å². The number of carbonyl (C=O) groups excluding carboxylic acids is 1. The lowest BCUT2D eigenvalue weighted by atomic mass is 10.1. The zero-order valence-electron chi connectivity index (χ0n) is 15.5. The van der Waals surface area contributed by atoms with Gasteiger partial charge in [-0.05, 0) is 49.9 Å². The van der Waals surface area contributed by atoms with Gasteiger partial charge in [-0.25, -0.2) is 8.42 Å². The molecule has 0 aromatic heterocycles. The summed E-state index contributed by atoms with van der Waals surface area (Å²) in [5.41, 5.74) is 2.65. The van der Waals surface area contributed by atoms with Crippen LogP contribution >= 0.6 is 0 Å². The first-order valence-corrected chi connectivity index (χ1v) is 10.5. The first-order chi connectivity index (χ1) is 12.3. The first kappa shape index (κ1) is 20.0. The summed E-state index contributed by atoms with van der Waals surface area (Å²) in [6.45, 7) is 4.00. The monoisotopic (exact) mass is 374 g/mol. The molecule has 0 radical (unpaired) electrons. The lowest BCUT2D eigenvalue weighted by Gasteiger charge is -2.28. The third-order valence-corrected chi connectivity index (χ3v) is 5.37. The van der Waals surface area contributed by atoms with Crippen molar-refractivity contribution in [1.82, 2.24) is 5.32 Å². The number of sulfonamides is 1. The van der Waals surface area contributed by atoms with Crippen LogP contribution in [0.3, 0.4) is 0 Å². The minimum Gasteiger partial charge on any atom is -0.354 e. The number of hydrogen-bond donors (Lipinski definition) is 1. The molecule has 1 amide bonds. The van der Waals surface area contributed by atoms with Gasteiger partial charge in [-0.2, -0.15) is 0 Å². The van der Waals surface area contributed by atoms with Crippen molar-refractivity contribution in [3.63, 3.8) is 0 Å². The molecule has 0 aliphatic carbocycles. The molecule has 0 saturated carbocycles. The summed E-state index contributed by atoms with van der Waals surface area (Å²) in [4.78, 5) is 12.5. The second kappa shape index (κ2) is 8.85. The van der Waals surface area contributed by atoms with Crippen molar-refractivity contribution in [3.05, 3.63) is 65.7 Å². The minimum atomic E-state index is -3.58. The van der Waals surface area contributed by atoms with Crippen molar-refractivity contribution < 1.29 is 13.2 Å². The van der Waals surface area contributed by atoms with Crippen LogP contribution in [0.4, 0.5) is 5.69 Å². The molecule has 2 rings (SSSR count). The van der Waals surface area contributed by atoms with Crippen molar-refractivity contribution >= 4 is 21.6 Å². The Balaban J connectivity index is 1.99. The van der Waals surface area contributed by atoms with Crippen LogP contribution in [0.25, 0.3) is 0 Å². The first-order valence-electron chi connectivity index (χ1n) is 8.67. The van der Waals surface area contributed by atoms with Crippen LogP contribution in [-0.2, 0) is 21.2 Å². The molecule has 0 unspecified atom stereocenters. The van der Waals surface area contributed by atoms with Crippen LogP contribution < -0.4 is 9.62 Å². The van der Waals surface area contributed by atoms with Gasteiger partial charge in [-0.3, -0.25) is 9.10 Å². The predicted molar refractivity (Wildman–Crippen MR) is 106 cm³/mol. The van der Waals surface area contributed by atoms with Crippen LogP contribution in [0.2, 0.25) is 0 Å². The third-order valence-electron chi connectivity index (χ3n) is 4.13. The molecule has 0 fully saturated rings. The molecule has 2 aromatic carbocycles. The molecule has 26 heavy (non-hydrogen) atoms. The average molecular weight is 375 g/mol. The van der Waals surface area contributed by atoms with Gasteiger partial charge in [0.05, 0.1) is 11.9 Å². The third kappa shape index (κ3) is 5.59. The van der Waals surface area contributed by atoms with Gasteiger partial charge in [-0.15, -0.1) is 0 Å². The molecule has 5 nitrogen and oxygen atoms in total. The van der Waals surface area contributed by atoms with Crippen molar-refractivity contribution in [1.29, 1.82) is 0 Å². The van der Waals surface area contributed by atoms with Crippen molar-refractivity contribution in [2.24, 2.45) is 0 Å². The molecule has 0 saturated heterocycles. The van der Waals surface area contributed by atoms with E-state index in [4.69, 9.17) is 0 Å². The van der Waals surface area contributed by atoms with Crippen LogP contribution in [0.1, 0.15) is 24.5 Å². The Kier molecular flexibility index (Phi) is 6.80. The van der Waals surface area contributed by atoms with E-state index in [9.17, 15) is 13.2 Å². The largest absolute Gasteiger partial charge is 0.354 e. The summed E-state index contributed by atoms with van der Waals surface area (Å²) in [5.74, 6) is -0.301. The van der Waals surface area contributed by atoms with Crippen molar-refractivity contribution in [2.75, 3.05) is 17.1 Å². The zero-order chi connectivity index (χ0) is 19.2. The van der Waals surface area contributed by atoms with Gasteiger partial charge in [0.2, 0.25) is 15.9 Å². The maximum atomic E-state index is 12.5. The number of anilines is 1. The molecular weight excluding hydrogens is 348 g/mol. The van der Waals surface area contributed by atoms with Gasteiger partial charge < -0.3 is 5.32 Å². The van der Waals surface area contributed by atoms with E-state index in [1.54, 1.807) is 25.1 Å². The van der Waals surface area contributed by atoms with Crippen LogP contribution in [0.15, 0.2) is 54.6 Å². The smallest absolute Gasteiger partial charge is 0.243 e. The van der Waals surface area contributed by atoms with Crippen LogP contribution in [-0.4, -0.2) is 33.2 Å². The van der Waals surface area contributed by atoms with E-state index >= 15 is 0 Å². The normalized spacial score (nSPS) is 12.4. The molecule has 6 heteroatoms. The standard InChI is InChI=1S/C20H26N2O3S/c1-16-9-7-13-19(15-16)22(26(3,24)25)17(2)20(23)21-14-8-12-18-10-5-4-6-11-18/h4-7,9-11,13,15,17H,8,12,14H2,1-3H3,(H,21,23)/t17-/m1/s1. The molecule has 2 aromatic rings. The van der Waals surface area contributed by atoms with E-state index in [2.05, 4.69) is 5.32 Å². The summed E-state index contributed by atoms with van der Waals surface area (Å²) in [7, 11) is -3.58. The predicted octanol–water partition coefficient (Wildman–Crippen LogP) is 2.90. The Labute approximate surface area is 156 Å². The molecule has 0 bridgehead atoms. The number of nitrogens with one attached hydrogen (secondary N) is 1. The highest BCUT2D eigenvalue weighted by Crippen LogP contribution is 2.21. The summed E-state index contributed by atoms with van der Waals surface area (Å²) >= 11 is 0. The highest BCUT2D eigenvalue weighted by molar-refractivity contribution is 7.92. The summed E-state index contributed by atoms with van der Waals surface area (Å²) in [6, 6.07) is 16.4. The topological polar surface area (TPSA) is 66.5 Å². The SMILES string of the molecule is Cc1cccc(N([C@H](C)C(=O)NCCCc2ccccc2)S(C)(=O)=O)c1. The molecular formula is C20H26N2O3S. The zero-order valence-corrected chi connectivity index (χ0v) is 16.3. The van der Waals surface area contributed by atoms with Gasteiger partial charge >= 0.3 is 0 Å². The van der Waals surface area contributed by atoms with E-state index in [0.29, 0.717) is 12.2 Å². The van der Waals surface area contributed by atoms with Gasteiger partial charge in [0, 0.05) is 6.54 Å². The number of nitrogens with zero attached hydrogens (tertiary/aromatic N) is 1. The van der Waals surface area contributed by atoms with E-state index < -0.39 is 16.1 Å². The van der Waals surface area contributed by atoms with Crippen molar-refractivity contribution in [2.45, 2.75) is 32.7 Å². The highest BCUT2D eigenvalue weighted by Gasteiger charge is 2.28. The number of rotatable bonds is 8. The van der Waals surface area contributed by atoms with Crippen molar-refractivity contribution in [3.8, 4) is 0 Å². The van der Waals surface area contributed by atoms with Gasteiger partial charge in [0.25, 0.3) is 0 Å².